The van der Waals surface area contributed by atoms with Crippen LogP contribution in [0.5, 0.6) is 5.75 Å². The van der Waals surface area contributed by atoms with E-state index in [4.69, 9.17) is 4.74 Å². The fourth-order valence-electron chi connectivity index (χ4n) is 3.32. The third kappa shape index (κ3) is 3.78. The van der Waals surface area contributed by atoms with Crippen LogP contribution in [-0.2, 0) is 0 Å². The number of carbonyl (C=O) groups is 1. The van der Waals surface area contributed by atoms with E-state index in [0.717, 1.165) is 18.4 Å². The van der Waals surface area contributed by atoms with E-state index in [2.05, 4.69) is 20.8 Å². The van der Waals surface area contributed by atoms with E-state index in [1.807, 2.05) is 19.1 Å². The van der Waals surface area contributed by atoms with Gasteiger partial charge in [-0.1, -0.05) is 33.3 Å². The van der Waals surface area contributed by atoms with Crippen molar-refractivity contribution in [2.75, 3.05) is 0 Å². The molecule has 21 heavy (non-hydrogen) atoms. The molecule has 116 valence electrons. The molecule has 0 bridgehead atoms. The van der Waals surface area contributed by atoms with Crippen LogP contribution >= 0.6 is 0 Å². The highest BCUT2D eigenvalue weighted by Crippen LogP contribution is 2.36. The largest absolute Gasteiger partial charge is 0.489 e. The van der Waals surface area contributed by atoms with Crippen molar-refractivity contribution >= 4 is 5.97 Å². The zero-order valence-corrected chi connectivity index (χ0v) is 13.4. The lowest BCUT2D eigenvalue weighted by Gasteiger charge is -2.37. The van der Waals surface area contributed by atoms with Gasteiger partial charge in [-0.2, -0.15) is 0 Å². The molecule has 1 aromatic rings. The number of aromatic carboxylic acids is 1. The molecule has 0 saturated heterocycles. The lowest BCUT2D eigenvalue weighted by Crippen LogP contribution is -2.36. The maximum Gasteiger partial charge on any atom is 0.339 e. The Morgan fingerprint density at radius 2 is 2.05 bits per heavy atom. The van der Waals surface area contributed by atoms with Gasteiger partial charge in [-0.05, 0) is 55.2 Å². The van der Waals surface area contributed by atoms with Gasteiger partial charge in [-0.25, -0.2) is 4.79 Å². The first-order chi connectivity index (χ1) is 9.88. The van der Waals surface area contributed by atoms with Crippen molar-refractivity contribution in [1.29, 1.82) is 0 Å². The standard InChI is InChI=1S/C18H26O3/c1-11(2)14-7-5-12(3)9-16(14)21-17-10-13(4)6-8-15(17)18(19)20/h6,8,10-12,14,16H,5,7,9H2,1-4H3,(H,19,20). The van der Waals surface area contributed by atoms with Crippen molar-refractivity contribution in [3.05, 3.63) is 29.3 Å². The Kier molecular flexibility index (Phi) is 4.92. The van der Waals surface area contributed by atoms with Crippen molar-refractivity contribution in [2.24, 2.45) is 17.8 Å². The minimum Gasteiger partial charge on any atom is -0.489 e. The summed E-state index contributed by atoms with van der Waals surface area (Å²) in [5.74, 6) is 1.30. The Balaban J connectivity index is 2.26. The van der Waals surface area contributed by atoms with Gasteiger partial charge >= 0.3 is 5.97 Å². The summed E-state index contributed by atoms with van der Waals surface area (Å²) in [4.78, 5) is 11.4. The van der Waals surface area contributed by atoms with Crippen LogP contribution < -0.4 is 4.74 Å². The van der Waals surface area contributed by atoms with Crippen LogP contribution in [0.1, 0.15) is 56.0 Å². The quantitative estimate of drug-likeness (QED) is 0.886. The van der Waals surface area contributed by atoms with Crippen LogP contribution in [0.4, 0.5) is 0 Å². The Bertz CT molecular complexity index is 507. The minimum atomic E-state index is -0.921. The molecule has 1 N–H and O–H groups in total. The predicted octanol–water partition coefficient (Wildman–Crippen LogP) is 4.53. The molecular weight excluding hydrogens is 264 g/mol. The molecule has 3 nitrogen and oxygen atoms in total. The number of hydrogen-bond donors (Lipinski definition) is 1. The summed E-state index contributed by atoms with van der Waals surface area (Å²) in [7, 11) is 0. The SMILES string of the molecule is Cc1ccc(C(=O)O)c(OC2CC(C)CCC2C(C)C)c1. The smallest absolute Gasteiger partial charge is 0.339 e. The molecule has 1 aromatic carbocycles. The van der Waals surface area contributed by atoms with Gasteiger partial charge < -0.3 is 9.84 Å². The lowest BCUT2D eigenvalue weighted by molar-refractivity contribution is 0.0436. The number of carboxylic acids is 1. The summed E-state index contributed by atoms with van der Waals surface area (Å²) in [6, 6.07) is 5.31. The van der Waals surface area contributed by atoms with Crippen molar-refractivity contribution in [3.63, 3.8) is 0 Å². The summed E-state index contributed by atoms with van der Waals surface area (Å²) in [6.45, 7) is 8.67. The Labute approximate surface area is 127 Å². The number of rotatable bonds is 4. The third-order valence-corrected chi connectivity index (χ3v) is 4.61. The first kappa shape index (κ1) is 15.9. The van der Waals surface area contributed by atoms with E-state index >= 15 is 0 Å². The van der Waals surface area contributed by atoms with Gasteiger partial charge in [0.25, 0.3) is 0 Å². The normalized spacial score (nSPS) is 25.9. The highest BCUT2D eigenvalue weighted by Gasteiger charge is 2.33. The topological polar surface area (TPSA) is 46.5 Å². The van der Waals surface area contributed by atoms with E-state index < -0.39 is 5.97 Å². The molecule has 0 amide bonds. The molecule has 0 radical (unpaired) electrons. The van der Waals surface area contributed by atoms with Crippen LogP contribution in [0, 0.1) is 24.7 Å². The molecule has 0 heterocycles. The van der Waals surface area contributed by atoms with E-state index in [1.165, 1.54) is 6.42 Å². The summed E-state index contributed by atoms with van der Waals surface area (Å²) >= 11 is 0. The van der Waals surface area contributed by atoms with E-state index in [-0.39, 0.29) is 11.7 Å². The van der Waals surface area contributed by atoms with Gasteiger partial charge in [0.05, 0.1) is 0 Å². The minimum absolute atomic E-state index is 0.119. The zero-order valence-electron chi connectivity index (χ0n) is 13.4. The molecular formula is C18H26O3. The molecule has 0 aliphatic heterocycles. The molecule has 1 fully saturated rings. The molecule has 1 aliphatic rings. The highest BCUT2D eigenvalue weighted by atomic mass is 16.5. The summed E-state index contributed by atoms with van der Waals surface area (Å²) < 4.78 is 6.19. The number of aryl methyl sites for hydroxylation is 1. The van der Waals surface area contributed by atoms with Crippen LogP contribution in [-0.4, -0.2) is 17.2 Å². The first-order valence-corrected chi connectivity index (χ1v) is 7.89. The second-order valence-corrected chi connectivity index (χ2v) is 6.79. The van der Waals surface area contributed by atoms with Crippen LogP contribution in [0.15, 0.2) is 18.2 Å². The second-order valence-electron chi connectivity index (χ2n) is 6.79. The Morgan fingerprint density at radius 1 is 1.33 bits per heavy atom. The second kappa shape index (κ2) is 6.50. The van der Waals surface area contributed by atoms with Crippen molar-refractivity contribution in [3.8, 4) is 5.75 Å². The zero-order chi connectivity index (χ0) is 15.6. The van der Waals surface area contributed by atoms with Gasteiger partial charge in [0, 0.05) is 0 Å². The number of ether oxygens (including phenoxy) is 1. The van der Waals surface area contributed by atoms with Gasteiger partial charge in [0.15, 0.2) is 0 Å². The molecule has 0 aromatic heterocycles. The monoisotopic (exact) mass is 290 g/mol. The number of carboxylic acid groups (broad SMARTS) is 1. The molecule has 3 unspecified atom stereocenters. The summed E-state index contributed by atoms with van der Waals surface area (Å²) in [5, 5.41) is 9.33. The summed E-state index contributed by atoms with van der Waals surface area (Å²) in [5.41, 5.74) is 1.29. The maximum absolute atomic E-state index is 11.4. The average Bonchev–Trinajstić information content (AvgIpc) is 2.38. The third-order valence-electron chi connectivity index (χ3n) is 4.61. The molecule has 3 heteroatoms. The van der Waals surface area contributed by atoms with Crippen molar-refractivity contribution in [2.45, 2.75) is 53.1 Å². The summed E-state index contributed by atoms with van der Waals surface area (Å²) in [6.07, 6.45) is 3.53. The van der Waals surface area contributed by atoms with Crippen LogP contribution in [0.2, 0.25) is 0 Å². The van der Waals surface area contributed by atoms with E-state index in [0.29, 0.717) is 23.5 Å². The fraction of sp³-hybridized carbons (Fsp3) is 0.611. The predicted molar refractivity (Wildman–Crippen MR) is 83.9 cm³/mol. The first-order valence-electron chi connectivity index (χ1n) is 7.89. The van der Waals surface area contributed by atoms with Gasteiger partial charge in [-0.3, -0.25) is 0 Å². The molecule has 3 atom stereocenters. The van der Waals surface area contributed by atoms with E-state index in [1.54, 1.807) is 6.07 Å². The average molecular weight is 290 g/mol. The van der Waals surface area contributed by atoms with Gasteiger partial charge in [0.1, 0.15) is 17.4 Å². The Hall–Kier alpha value is -1.51. The van der Waals surface area contributed by atoms with E-state index in [9.17, 15) is 9.90 Å². The lowest BCUT2D eigenvalue weighted by atomic mass is 9.75. The molecule has 0 spiro atoms. The molecule has 1 saturated carbocycles. The van der Waals surface area contributed by atoms with Crippen LogP contribution in [0.3, 0.4) is 0 Å². The van der Waals surface area contributed by atoms with Crippen molar-refractivity contribution in [1.82, 2.24) is 0 Å². The number of hydrogen-bond acceptors (Lipinski definition) is 2. The maximum atomic E-state index is 11.4. The molecule has 1 aliphatic carbocycles. The van der Waals surface area contributed by atoms with Gasteiger partial charge in [-0.15, -0.1) is 0 Å². The fourth-order valence-corrected chi connectivity index (χ4v) is 3.32. The van der Waals surface area contributed by atoms with Gasteiger partial charge in [0.2, 0.25) is 0 Å². The van der Waals surface area contributed by atoms with Crippen LogP contribution in [0.25, 0.3) is 0 Å². The Morgan fingerprint density at radius 3 is 2.67 bits per heavy atom. The van der Waals surface area contributed by atoms with Crippen molar-refractivity contribution < 1.29 is 14.6 Å². The number of benzene rings is 1. The molecule has 2 rings (SSSR count). The highest BCUT2D eigenvalue weighted by molar-refractivity contribution is 5.91.